The van der Waals surface area contributed by atoms with Crippen molar-refractivity contribution in [3.8, 4) is 5.75 Å². The van der Waals surface area contributed by atoms with Crippen LogP contribution in [0.2, 0.25) is 0 Å². The molecule has 0 saturated carbocycles. The first-order chi connectivity index (χ1) is 11.0. The van der Waals surface area contributed by atoms with Gasteiger partial charge in [-0.2, -0.15) is 0 Å². The third-order valence-corrected chi connectivity index (χ3v) is 5.36. The van der Waals surface area contributed by atoms with E-state index in [1.54, 1.807) is 24.3 Å². The van der Waals surface area contributed by atoms with Crippen molar-refractivity contribution < 1.29 is 22.3 Å². The third kappa shape index (κ3) is 3.19. The zero-order valence-corrected chi connectivity index (χ0v) is 12.8. The molecule has 1 atom stereocenters. The number of carbonyl (C=O) groups excluding carboxylic acids is 1. The van der Waals surface area contributed by atoms with E-state index in [4.69, 9.17) is 4.74 Å². The van der Waals surface area contributed by atoms with Crippen LogP contribution in [0.4, 0.5) is 4.39 Å². The number of hydrogen-bond donors (Lipinski definition) is 1. The van der Waals surface area contributed by atoms with Gasteiger partial charge in [0.2, 0.25) is 0 Å². The largest absolute Gasteiger partial charge is 0.481 e. The summed E-state index contributed by atoms with van der Waals surface area (Å²) in [6.45, 7) is -0.389. The molecule has 1 N–H and O–H groups in total. The van der Waals surface area contributed by atoms with Crippen molar-refractivity contribution >= 4 is 15.7 Å². The highest BCUT2D eigenvalue weighted by molar-refractivity contribution is 7.91. The van der Waals surface area contributed by atoms with E-state index in [0.717, 1.165) is 0 Å². The van der Waals surface area contributed by atoms with E-state index >= 15 is 0 Å². The molecule has 120 valence electrons. The van der Waals surface area contributed by atoms with E-state index in [9.17, 15) is 17.6 Å². The van der Waals surface area contributed by atoms with Crippen LogP contribution < -0.4 is 10.1 Å². The zero-order chi connectivity index (χ0) is 16.4. The summed E-state index contributed by atoms with van der Waals surface area (Å²) < 4.78 is 42.6. The first-order valence-corrected chi connectivity index (χ1v) is 8.61. The van der Waals surface area contributed by atoms with Crippen molar-refractivity contribution in [2.24, 2.45) is 0 Å². The maximum atomic E-state index is 13.4. The lowest BCUT2D eigenvalue weighted by Gasteiger charge is -2.13. The molecule has 1 aliphatic rings. The van der Waals surface area contributed by atoms with E-state index in [1.165, 1.54) is 24.3 Å². The summed E-state index contributed by atoms with van der Waals surface area (Å²) >= 11 is 0. The summed E-state index contributed by atoms with van der Waals surface area (Å²) in [4.78, 5) is 12.2. The molecule has 0 radical (unpaired) electrons. The van der Waals surface area contributed by atoms with Crippen LogP contribution in [0, 0.1) is 5.82 Å². The van der Waals surface area contributed by atoms with E-state index < -0.39 is 27.6 Å². The van der Waals surface area contributed by atoms with Crippen molar-refractivity contribution in [1.82, 2.24) is 5.32 Å². The van der Waals surface area contributed by atoms with Crippen LogP contribution in [0.1, 0.15) is 11.6 Å². The lowest BCUT2D eigenvalue weighted by Crippen LogP contribution is -2.33. The van der Waals surface area contributed by atoms with E-state index in [2.05, 4.69) is 5.32 Å². The predicted octanol–water partition coefficient (Wildman–Crippen LogP) is 1.85. The van der Waals surface area contributed by atoms with Gasteiger partial charge in [-0.05, 0) is 23.8 Å². The number of halogens is 1. The molecule has 3 rings (SSSR count). The molecule has 1 amide bonds. The topological polar surface area (TPSA) is 72.5 Å². The van der Waals surface area contributed by atoms with Crippen LogP contribution in [0.5, 0.6) is 5.75 Å². The number of fused-ring (bicyclic) bond motifs is 1. The smallest absolute Gasteiger partial charge is 0.258 e. The van der Waals surface area contributed by atoms with Gasteiger partial charge < -0.3 is 10.1 Å². The van der Waals surface area contributed by atoms with Gasteiger partial charge in [0, 0.05) is 0 Å². The molecule has 7 heteroatoms. The molecule has 0 aromatic heterocycles. The van der Waals surface area contributed by atoms with Gasteiger partial charge in [-0.25, -0.2) is 12.8 Å². The minimum Gasteiger partial charge on any atom is -0.481 e. The number of nitrogens with one attached hydrogen (secondary N) is 1. The van der Waals surface area contributed by atoms with Crippen molar-refractivity contribution in [2.45, 2.75) is 10.9 Å². The normalized spacial score (nSPS) is 18.2. The van der Waals surface area contributed by atoms with Gasteiger partial charge in [-0.3, -0.25) is 4.79 Å². The molecule has 1 aliphatic heterocycles. The van der Waals surface area contributed by atoms with Crippen LogP contribution in [0.3, 0.4) is 0 Å². The number of carbonyl (C=O) groups is 1. The molecule has 1 heterocycles. The summed E-state index contributed by atoms with van der Waals surface area (Å²) in [6, 6.07) is 11.7. The SMILES string of the molecule is O=C(COc1ccccc1F)NC1CS(=O)(=O)c2ccccc21. The van der Waals surface area contributed by atoms with E-state index in [1.807, 2.05) is 0 Å². The molecule has 0 saturated heterocycles. The van der Waals surface area contributed by atoms with Crippen molar-refractivity contribution in [3.63, 3.8) is 0 Å². The Kier molecular flexibility index (Phi) is 4.04. The average Bonchev–Trinajstić information content (AvgIpc) is 2.78. The van der Waals surface area contributed by atoms with Gasteiger partial charge in [0.05, 0.1) is 16.7 Å². The van der Waals surface area contributed by atoms with Gasteiger partial charge in [-0.15, -0.1) is 0 Å². The molecular weight excluding hydrogens is 321 g/mol. The molecular formula is C16H14FNO4S. The minimum absolute atomic E-state index is 0.0258. The van der Waals surface area contributed by atoms with Crippen molar-refractivity contribution in [2.75, 3.05) is 12.4 Å². The van der Waals surface area contributed by atoms with Gasteiger partial charge in [0.25, 0.3) is 5.91 Å². The fourth-order valence-electron chi connectivity index (χ4n) is 2.51. The Balaban J connectivity index is 1.67. The lowest BCUT2D eigenvalue weighted by molar-refractivity contribution is -0.123. The van der Waals surface area contributed by atoms with Crippen molar-refractivity contribution in [1.29, 1.82) is 0 Å². The summed E-state index contributed by atoms with van der Waals surface area (Å²) in [5.41, 5.74) is 0.562. The van der Waals surface area contributed by atoms with Crippen LogP contribution in [0.15, 0.2) is 53.4 Å². The Morgan fingerprint density at radius 3 is 2.65 bits per heavy atom. The quantitative estimate of drug-likeness (QED) is 0.925. The Morgan fingerprint density at radius 2 is 1.87 bits per heavy atom. The highest BCUT2D eigenvalue weighted by Crippen LogP contribution is 2.32. The van der Waals surface area contributed by atoms with Gasteiger partial charge in [0.15, 0.2) is 28.0 Å². The fraction of sp³-hybridized carbons (Fsp3) is 0.188. The van der Waals surface area contributed by atoms with Crippen LogP contribution in [-0.4, -0.2) is 26.7 Å². The molecule has 1 unspecified atom stereocenters. The number of benzene rings is 2. The number of rotatable bonds is 4. The molecule has 5 nitrogen and oxygen atoms in total. The molecule has 2 aromatic carbocycles. The highest BCUT2D eigenvalue weighted by Gasteiger charge is 2.35. The second-order valence-corrected chi connectivity index (χ2v) is 7.16. The number of para-hydroxylation sites is 1. The molecule has 0 bridgehead atoms. The first-order valence-electron chi connectivity index (χ1n) is 6.96. The number of amides is 1. The molecule has 0 aliphatic carbocycles. The lowest BCUT2D eigenvalue weighted by atomic mass is 10.1. The van der Waals surface area contributed by atoms with Crippen LogP contribution in [-0.2, 0) is 14.6 Å². The maximum Gasteiger partial charge on any atom is 0.258 e. The van der Waals surface area contributed by atoms with E-state index in [0.29, 0.717) is 5.56 Å². The Bertz CT molecular complexity index is 851. The number of sulfone groups is 1. The number of ether oxygens (including phenoxy) is 1. The van der Waals surface area contributed by atoms with Gasteiger partial charge >= 0.3 is 0 Å². The van der Waals surface area contributed by atoms with Crippen molar-refractivity contribution in [3.05, 3.63) is 59.9 Å². The second-order valence-electron chi connectivity index (χ2n) is 5.16. The average molecular weight is 335 g/mol. The Morgan fingerprint density at radius 1 is 1.17 bits per heavy atom. The third-order valence-electron chi connectivity index (χ3n) is 3.55. The Hall–Kier alpha value is -2.41. The molecule has 0 fully saturated rings. The summed E-state index contributed by atoms with van der Waals surface area (Å²) in [5.74, 6) is -1.28. The van der Waals surface area contributed by atoms with E-state index in [-0.39, 0.29) is 23.0 Å². The van der Waals surface area contributed by atoms with Crippen LogP contribution in [0.25, 0.3) is 0 Å². The second kappa shape index (κ2) is 6.00. The molecule has 2 aromatic rings. The molecule has 23 heavy (non-hydrogen) atoms. The Labute approximate surface area is 133 Å². The summed E-state index contributed by atoms with van der Waals surface area (Å²) in [5, 5.41) is 2.61. The first kappa shape index (κ1) is 15.5. The van der Waals surface area contributed by atoms with Crippen LogP contribution >= 0.6 is 0 Å². The van der Waals surface area contributed by atoms with Gasteiger partial charge in [-0.1, -0.05) is 30.3 Å². The summed E-state index contributed by atoms with van der Waals surface area (Å²) in [6.07, 6.45) is 0. The molecule has 0 spiro atoms. The monoisotopic (exact) mass is 335 g/mol. The number of hydrogen-bond acceptors (Lipinski definition) is 4. The maximum absolute atomic E-state index is 13.4. The zero-order valence-electron chi connectivity index (χ0n) is 12.0. The minimum atomic E-state index is -3.39. The predicted molar refractivity (Wildman–Crippen MR) is 81.3 cm³/mol. The van der Waals surface area contributed by atoms with Gasteiger partial charge in [0.1, 0.15) is 0 Å². The highest BCUT2D eigenvalue weighted by atomic mass is 32.2. The summed E-state index contributed by atoms with van der Waals surface area (Å²) in [7, 11) is -3.39. The fourth-order valence-corrected chi connectivity index (χ4v) is 4.25. The standard InChI is InChI=1S/C16H14FNO4S/c17-12-6-2-3-7-14(12)22-9-16(19)18-13-10-23(20,21)15-8-4-1-5-11(13)15/h1-8,13H,9-10H2,(H,18,19).